The Morgan fingerprint density at radius 3 is 0.727 bits per heavy atom. The van der Waals surface area contributed by atoms with Crippen molar-refractivity contribution in [3.8, 4) is 34.1 Å². The van der Waals surface area contributed by atoms with Crippen LogP contribution in [0.25, 0.3) is 165 Å². The van der Waals surface area contributed by atoms with Gasteiger partial charge in [-0.25, -0.2) is 13.2 Å². The van der Waals surface area contributed by atoms with Crippen molar-refractivity contribution in [3.05, 3.63) is 520 Å². The maximum absolute atomic E-state index is 15.9. The third-order valence-corrected chi connectivity index (χ3v) is 31.4. The fourth-order valence-electron chi connectivity index (χ4n) is 22.4. The van der Waals surface area contributed by atoms with Gasteiger partial charge in [-0.1, -0.05) is 236 Å². The molecule has 6 heterocycles. The second-order valence-corrected chi connectivity index (χ2v) is 46.4. The maximum atomic E-state index is 15.9. The molecule has 726 valence electrons. The van der Waals surface area contributed by atoms with Crippen LogP contribution in [0.1, 0.15) is 52.7 Å². The molecule has 0 amide bonds. The van der Waals surface area contributed by atoms with Crippen LogP contribution in [0.2, 0.25) is 0 Å². The summed E-state index contributed by atoms with van der Waals surface area (Å²) < 4.78 is 59.3. The summed E-state index contributed by atoms with van der Waals surface area (Å²) in [6.45, 7) is 20.6. The van der Waals surface area contributed by atoms with Crippen LogP contribution >= 0.6 is 7.26 Å². The molecule has 27 rings (SSSR count). The van der Waals surface area contributed by atoms with Crippen LogP contribution < -0.4 is 20.0 Å². The Kier molecular flexibility index (Phi) is 23.3. The molecule has 27 aromatic rings. The topological polar surface area (TPSA) is 39.3 Å². The monoisotopic (exact) mass is 1970 g/mol. The molecule has 0 N–H and O–H groups in total. The van der Waals surface area contributed by atoms with E-state index < -0.39 is 7.26 Å². The maximum Gasteiger partial charge on any atom is 0.147 e. The molecule has 0 unspecified atom stereocenters. The zero-order valence-corrected chi connectivity index (χ0v) is 85.8. The third-order valence-electron chi connectivity index (χ3n) is 29.6. The van der Waals surface area contributed by atoms with Gasteiger partial charge in [0.1, 0.15) is 17.5 Å². The molecule has 0 spiro atoms. The van der Waals surface area contributed by atoms with Crippen LogP contribution in [0.4, 0.5) is 64.4 Å². The van der Waals surface area contributed by atoms with Crippen molar-refractivity contribution < 1.29 is 13.2 Å². The van der Waals surface area contributed by atoms with Crippen molar-refractivity contribution in [2.45, 2.75) is 52.4 Å². The Bertz CT molecular complexity index is 9880. The number of hydrogen-bond acceptors (Lipinski definition) is 3. The van der Waals surface area contributed by atoms with Gasteiger partial charge in [0, 0.05) is 152 Å². The van der Waals surface area contributed by atoms with E-state index in [0.717, 1.165) is 173 Å². The second-order valence-electron chi connectivity index (χ2n) is 41.9. The van der Waals surface area contributed by atoms with Gasteiger partial charge in [-0.05, 0) is 319 Å². The molecule has 9 nitrogen and oxygen atoms in total. The van der Waals surface area contributed by atoms with Crippen molar-refractivity contribution in [2.24, 2.45) is 0 Å². The largest absolute Gasteiger partial charge is 0.310 e. The van der Waals surface area contributed by atoms with Gasteiger partial charge in [-0.15, -0.1) is 0 Å². The first-order valence-corrected chi connectivity index (χ1v) is 54.4. The first-order chi connectivity index (χ1) is 73.1. The molecular formula is C137H108F3N9P+. The number of anilines is 9. The molecule has 0 radical (unpaired) electrons. The van der Waals surface area contributed by atoms with E-state index in [0.29, 0.717) is 5.69 Å². The number of aromatic nitrogens is 6. The lowest BCUT2D eigenvalue weighted by molar-refractivity contribution is 0.591. The fourth-order valence-corrected chi connectivity index (χ4v) is 23.4. The lowest BCUT2D eigenvalue weighted by Gasteiger charge is -2.26. The lowest BCUT2D eigenvalue weighted by atomic mass is 9.86. The third kappa shape index (κ3) is 16.6. The molecule has 0 aliphatic heterocycles. The van der Waals surface area contributed by atoms with Crippen LogP contribution in [-0.4, -0.2) is 47.4 Å². The van der Waals surface area contributed by atoms with E-state index in [1.807, 2.05) is 48.5 Å². The van der Waals surface area contributed by atoms with Crippen LogP contribution in [0.15, 0.2) is 491 Å². The molecule has 6 aromatic heterocycles. The standard InChI is InChI=1S/2C46H36FN3.C45H36FN3P/c1-46(2,3)31-21-24-43-39(27-31)41-30-37(23-26-45(41)50(43)34-16-8-5-9-17-34)48(35-18-12-13-32(47)28-35)36-22-25-44-40(29-36)38-19-10-11-20-42(38)49(44)33-14-6-4-7-15-33;1-46(2,3)31-18-25-43-39(28-31)41-30-37(24-27-45(41)50(43)34-14-8-5-9-15-34)48(35-21-19-32(47)20-22-35)36-23-26-44-40(29-36)38-16-10-11-17-42(38)49(44)33-12-6-4-7-13-33;1-50(2,3)35-24-27-44-39(30-35)38-29-34(23-26-43(38)49(44)32-16-8-5-9-17-32)47(45-21-13-11-19-40(45)46)33-22-25-42-37(28-33)36-18-10-12-20-41(36)48(42)31-14-6-4-7-15-31/h3*4-30H,1-3H3/q;;+1. The van der Waals surface area contributed by atoms with Gasteiger partial charge in [0.15, 0.2) is 0 Å². The van der Waals surface area contributed by atoms with Gasteiger partial charge in [-0.2, -0.15) is 0 Å². The minimum Gasteiger partial charge on any atom is -0.310 e. The first-order valence-electron chi connectivity index (χ1n) is 51.2. The molecule has 0 bridgehead atoms. The van der Waals surface area contributed by atoms with Crippen molar-refractivity contribution >= 4 is 195 Å². The molecule has 0 fully saturated rings. The molecule has 0 saturated carbocycles. The van der Waals surface area contributed by atoms with Gasteiger partial charge >= 0.3 is 0 Å². The summed E-state index contributed by atoms with van der Waals surface area (Å²) in [5, 5.41) is 15.4. The van der Waals surface area contributed by atoms with Crippen LogP contribution in [0.5, 0.6) is 0 Å². The highest BCUT2D eigenvalue weighted by molar-refractivity contribution is 7.81. The Morgan fingerprint density at radius 1 is 0.180 bits per heavy atom. The van der Waals surface area contributed by atoms with Crippen LogP contribution in [-0.2, 0) is 10.8 Å². The average Bonchev–Trinajstić information content (AvgIpc) is 1.54. The van der Waals surface area contributed by atoms with Crippen LogP contribution in [0, 0.1) is 17.5 Å². The molecule has 0 saturated heterocycles. The van der Waals surface area contributed by atoms with Gasteiger partial charge in [0.2, 0.25) is 0 Å². The molecule has 0 atom stereocenters. The smallest absolute Gasteiger partial charge is 0.147 e. The van der Waals surface area contributed by atoms with Crippen molar-refractivity contribution in [1.82, 2.24) is 27.4 Å². The summed E-state index contributed by atoms with van der Waals surface area (Å²) in [6, 6.07) is 170. The van der Waals surface area contributed by atoms with Gasteiger partial charge in [0.05, 0.1) is 97.2 Å². The van der Waals surface area contributed by atoms with Gasteiger partial charge in [0.25, 0.3) is 0 Å². The minimum atomic E-state index is -1.28. The summed E-state index contributed by atoms with van der Waals surface area (Å²) in [6.07, 6.45) is 0. The summed E-state index contributed by atoms with van der Waals surface area (Å²) in [5.74, 6) is -0.803. The lowest BCUT2D eigenvalue weighted by Crippen LogP contribution is -2.11. The highest BCUT2D eigenvalue weighted by atomic mass is 31.2. The summed E-state index contributed by atoms with van der Waals surface area (Å²) in [5.41, 5.74) is 30.8. The second kappa shape index (κ2) is 37.5. The molecular weight excluding hydrogens is 1860 g/mol. The molecule has 0 aliphatic rings. The Balaban J connectivity index is 0.000000116. The van der Waals surface area contributed by atoms with Crippen molar-refractivity contribution in [3.63, 3.8) is 0 Å². The van der Waals surface area contributed by atoms with E-state index in [1.165, 1.54) is 72.5 Å². The van der Waals surface area contributed by atoms with Gasteiger partial charge < -0.3 is 42.1 Å². The molecule has 21 aromatic carbocycles. The number of halogens is 3. The molecule has 0 aliphatic carbocycles. The van der Waals surface area contributed by atoms with E-state index in [9.17, 15) is 8.78 Å². The van der Waals surface area contributed by atoms with E-state index in [-0.39, 0.29) is 28.3 Å². The number of nitrogens with zero attached hydrogens (tertiary/aromatic N) is 9. The summed E-state index contributed by atoms with van der Waals surface area (Å²) in [4.78, 5) is 6.48. The minimum absolute atomic E-state index is 0.00145. The highest BCUT2D eigenvalue weighted by Gasteiger charge is 2.30. The predicted octanol–water partition coefficient (Wildman–Crippen LogP) is 37.6. The number of hydrogen-bond donors (Lipinski definition) is 0. The van der Waals surface area contributed by atoms with Crippen molar-refractivity contribution in [2.75, 3.05) is 34.7 Å². The number of fused-ring (bicyclic) bond motifs is 18. The first kappa shape index (κ1) is 93.1. The Hall–Kier alpha value is -18.0. The fraction of sp³-hybridized carbons (Fsp3) is 0.0803. The van der Waals surface area contributed by atoms with E-state index >= 15 is 4.39 Å². The van der Waals surface area contributed by atoms with Gasteiger partial charge in [-0.3, -0.25) is 0 Å². The number of rotatable bonds is 16. The zero-order chi connectivity index (χ0) is 102. The SMILES string of the molecule is CC(C)(C)c1ccc2c(c1)c1cc(N(c3ccc(F)cc3)c3ccc4c(c3)c3ccccc3n4-c3ccccc3)ccc1n2-c1ccccc1.CC(C)(C)c1ccc2c(c1)c1cc(N(c3cccc(F)c3)c3ccc4c(c3)c3ccccc3n4-c3ccccc3)ccc1n2-c1ccccc1.C[P+](C)(C)c1ccc2c(c1)c1cc(N(c3ccc4c(c3)c3ccccc3n4-c3ccccc3)c3ccccc3F)ccc1n2-c1ccccc1. The summed E-state index contributed by atoms with van der Waals surface area (Å²) >= 11 is 0. The van der Waals surface area contributed by atoms with E-state index in [4.69, 9.17) is 0 Å². The average molecular weight is 1970 g/mol. The number of benzene rings is 21. The zero-order valence-electron chi connectivity index (χ0n) is 84.9. The normalized spacial score (nSPS) is 12.0. The van der Waals surface area contributed by atoms with E-state index in [1.54, 1.807) is 24.3 Å². The number of para-hydroxylation sites is 10. The molecule has 150 heavy (non-hydrogen) atoms. The summed E-state index contributed by atoms with van der Waals surface area (Å²) in [7, 11) is -1.28. The van der Waals surface area contributed by atoms with E-state index in [2.05, 4.69) is 504 Å². The van der Waals surface area contributed by atoms with Crippen LogP contribution in [0.3, 0.4) is 0 Å². The highest BCUT2D eigenvalue weighted by Crippen LogP contribution is 2.52. The Labute approximate surface area is 870 Å². The quantitative estimate of drug-likeness (QED) is 0.0905. The predicted molar refractivity (Wildman–Crippen MR) is 631 cm³/mol. The molecule has 13 heteroatoms. The van der Waals surface area contributed by atoms with Crippen molar-refractivity contribution in [1.29, 1.82) is 0 Å². The Morgan fingerprint density at radius 2 is 0.420 bits per heavy atom.